The van der Waals surface area contributed by atoms with E-state index in [9.17, 15) is 14.4 Å². The number of nitrogens with two attached hydrogens (primary N) is 1. The van der Waals surface area contributed by atoms with E-state index < -0.39 is 11.2 Å². The summed E-state index contributed by atoms with van der Waals surface area (Å²) in [4.78, 5) is 44.3. The Bertz CT molecular complexity index is 1240. The van der Waals surface area contributed by atoms with Crippen LogP contribution in [0.5, 0.6) is 0 Å². The molecule has 3 rings (SSSR count). The topological polar surface area (TPSA) is 130 Å². The Kier molecular flexibility index (Phi) is 7.72. The normalized spacial score (nSPS) is 11.4. The molecule has 0 unspecified atom stereocenters. The van der Waals surface area contributed by atoms with Crippen LogP contribution >= 0.6 is 0 Å². The second-order valence-electron chi connectivity index (χ2n) is 8.94. The van der Waals surface area contributed by atoms with Crippen molar-refractivity contribution in [1.29, 1.82) is 0 Å². The fourth-order valence-electron chi connectivity index (χ4n) is 3.81. The van der Waals surface area contributed by atoms with Gasteiger partial charge in [0, 0.05) is 18.7 Å². The van der Waals surface area contributed by atoms with Gasteiger partial charge in [0.2, 0.25) is 5.91 Å². The molecule has 182 valence electrons. The van der Waals surface area contributed by atoms with Crippen molar-refractivity contribution in [2.24, 2.45) is 5.92 Å². The molecule has 0 fully saturated rings. The van der Waals surface area contributed by atoms with E-state index in [0.717, 1.165) is 16.8 Å². The average molecular weight is 469 g/mol. The fourth-order valence-corrected chi connectivity index (χ4v) is 3.81. The van der Waals surface area contributed by atoms with Gasteiger partial charge in [-0.1, -0.05) is 49.3 Å². The molecular weight excluding hydrogens is 436 g/mol. The van der Waals surface area contributed by atoms with Gasteiger partial charge in [0.15, 0.2) is 5.69 Å². The molecule has 0 aliphatic heterocycles. The number of anilines is 2. The number of aromatic nitrogens is 3. The summed E-state index contributed by atoms with van der Waals surface area (Å²) in [5, 5.41) is 3.95. The Labute approximate surface area is 198 Å². The predicted octanol–water partition coefficient (Wildman–Crippen LogP) is 1.89. The van der Waals surface area contributed by atoms with Gasteiger partial charge in [0.1, 0.15) is 11.6 Å². The number of hydrogen-bond acceptors (Lipinski definition) is 7. The highest BCUT2D eigenvalue weighted by atomic mass is 16.5. The van der Waals surface area contributed by atoms with Crippen LogP contribution in [0.3, 0.4) is 0 Å². The van der Waals surface area contributed by atoms with Gasteiger partial charge in [0.05, 0.1) is 18.8 Å². The van der Waals surface area contributed by atoms with Gasteiger partial charge >= 0.3 is 5.69 Å². The third kappa shape index (κ3) is 5.63. The standard InChI is InChI=1S/C24H32N6O4/c1-15(2)11-29(20(31)14-28(5)13-19-16(3)27-34-17(19)4)21-22(25)30(24(33)26-23(21)32)12-18-9-7-6-8-10-18/h6-10,15H,11-14,25H2,1-5H3,(H,26,32,33). The lowest BCUT2D eigenvalue weighted by molar-refractivity contribution is -0.119. The summed E-state index contributed by atoms with van der Waals surface area (Å²) in [5.41, 5.74) is 7.55. The van der Waals surface area contributed by atoms with Gasteiger partial charge in [-0.25, -0.2) is 4.79 Å². The van der Waals surface area contributed by atoms with Crippen molar-refractivity contribution in [1.82, 2.24) is 19.6 Å². The van der Waals surface area contributed by atoms with Crippen LogP contribution < -0.4 is 21.9 Å². The smallest absolute Gasteiger partial charge is 0.330 e. The molecule has 10 heteroatoms. The molecule has 0 bridgehead atoms. The summed E-state index contributed by atoms with van der Waals surface area (Å²) in [7, 11) is 1.81. The highest BCUT2D eigenvalue weighted by Crippen LogP contribution is 2.20. The lowest BCUT2D eigenvalue weighted by Gasteiger charge is -2.28. The number of nitrogens with zero attached hydrogens (tertiary/aromatic N) is 4. The van der Waals surface area contributed by atoms with Crippen LogP contribution in [0.2, 0.25) is 0 Å². The van der Waals surface area contributed by atoms with E-state index in [1.165, 1.54) is 9.47 Å². The molecule has 10 nitrogen and oxygen atoms in total. The van der Waals surface area contributed by atoms with Gasteiger partial charge < -0.3 is 15.2 Å². The molecule has 34 heavy (non-hydrogen) atoms. The highest BCUT2D eigenvalue weighted by molar-refractivity contribution is 5.96. The van der Waals surface area contributed by atoms with Crippen LogP contribution in [0.25, 0.3) is 0 Å². The number of carbonyl (C=O) groups is 1. The van der Waals surface area contributed by atoms with Gasteiger partial charge in [-0.15, -0.1) is 0 Å². The zero-order valence-electron chi connectivity index (χ0n) is 20.3. The van der Waals surface area contributed by atoms with Crippen molar-refractivity contribution >= 4 is 17.4 Å². The van der Waals surface area contributed by atoms with Crippen molar-refractivity contribution in [3.05, 3.63) is 73.8 Å². The molecule has 0 radical (unpaired) electrons. The van der Waals surface area contributed by atoms with E-state index >= 15 is 0 Å². The second-order valence-corrected chi connectivity index (χ2v) is 8.94. The highest BCUT2D eigenvalue weighted by Gasteiger charge is 2.26. The minimum absolute atomic E-state index is 0.0139. The van der Waals surface area contributed by atoms with E-state index in [2.05, 4.69) is 10.1 Å². The van der Waals surface area contributed by atoms with E-state index in [-0.39, 0.29) is 43.0 Å². The minimum Gasteiger partial charge on any atom is -0.383 e. The summed E-state index contributed by atoms with van der Waals surface area (Å²) in [6, 6.07) is 9.30. The molecule has 0 aliphatic carbocycles. The van der Waals surface area contributed by atoms with Crippen LogP contribution in [0.1, 0.15) is 36.4 Å². The van der Waals surface area contributed by atoms with Crippen molar-refractivity contribution in [2.45, 2.75) is 40.8 Å². The van der Waals surface area contributed by atoms with Crippen LogP contribution in [0.4, 0.5) is 11.5 Å². The molecule has 3 aromatic rings. The fraction of sp³-hybridized carbons (Fsp3) is 0.417. The van der Waals surface area contributed by atoms with Crippen LogP contribution in [0.15, 0.2) is 44.4 Å². The van der Waals surface area contributed by atoms with Gasteiger partial charge in [-0.2, -0.15) is 0 Å². The summed E-state index contributed by atoms with van der Waals surface area (Å²) in [6.45, 7) is 8.50. The maximum atomic E-state index is 13.4. The number of carbonyl (C=O) groups excluding carboxylic acids is 1. The van der Waals surface area contributed by atoms with Crippen molar-refractivity contribution in [3.8, 4) is 0 Å². The van der Waals surface area contributed by atoms with Crippen LogP contribution in [-0.2, 0) is 17.9 Å². The summed E-state index contributed by atoms with van der Waals surface area (Å²) in [5.74, 6) is 0.416. The molecule has 0 atom stereocenters. The molecule has 0 aliphatic rings. The van der Waals surface area contributed by atoms with Crippen molar-refractivity contribution < 1.29 is 9.32 Å². The Balaban J connectivity index is 1.93. The summed E-state index contributed by atoms with van der Waals surface area (Å²) >= 11 is 0. The van der Waals surface area contributed by atoms with Gasteiger partial charge in [0.25, 0.3) is 5.56 Å². The molecule has 3 N–H and O–H groups in total. The Morgan fingerprint density at radius 2 is 1.88 bits per heavy atom. The number of rotatable bonds is 9. The Morgan fingerprint density at radius 3 is 2.47 bits per heavy atom. The maximum Gasteiger partial charge on any atom is 0.330 e. The molecule has 0 saturated heterocycles. The second kappa shape index (κ2) is 10.5. The molecule has 0 saturated carbocycles. The maximum absolute atomic E-state index is 13.4. The predicted molar refractivity (Wildman–Crippen MR) is 131 cm³/mol. The molecular formula is C24H32N6O4. The zero-order chi connectivity index (χ0) is 25.0. The first-order chi connectivity index (χ1) is 16.1. The first-order valence-electron chi connectivity index (χ1n) is 11.2. The third-order valence-corrected chi connectivity index (χ3v) is 5.53. The molecule has 2 heterocycles. The summed E-state index contributed by atoms with van der Waals surface area (Å²) in [6.07, 6.45) is 0. The van der Waals surface area contributed by atoms with Crippen molar-refractivity contribution in [2.75, 3.05) is 30.8 Å². The van der Waals surface area contributed by atoms with E-state index in [1.807, 2.05) is 62.9 Å². The van der Waals surface area contributed by atoms with E-state index in [4.69, 9.17) is 10.3 Å². The van der Waals surface area contributed by atoms with Gasteiger partial charge in [-0.05, 0) is 32.4 Å². The zero-order valence-corrected chi connectivity index (χ0v) is 20.3. The summed E-state index contributed by atoms with van der Waals surface area (Å²) < 4.78 is 6.49. The third-order valence-electron chi connectivity index (χ3n) is 5.53. The number of nitrogens with one attached hydrogen (secondary N) is 1. The number of aryl methyl sites for hydroxylation is 2. The first kappa shape index (κ1) is 25.0. The van der Waals surface area contributed by atoms with Crippen LogP contribution in [-0.4, -0.2) is 45.7 Å². The van der Waals surface area contributed by atoms with E-state index in [1.54, 1.807) is 7.05 Å². The molecule has 1 amide bonds. The van der Waals surface area contributed by atoms with Gasteiger partial charge in [-0.3, -0.25) is 24.0 Å². The number of H-pyrrole nitrogens is 1. The largest absolute Gasteiger partial charge is 0.383 e. The molecule has 0 spiro atoms. The average Bonchev–Trinajstić information content (AvgIpc) is 3.08. The number of benzene rings is 1. The Hall–Kier alpha value is -3.66. The lowest BCUT2D eigenvalue weighted by Crippen LogP contribution is -2.46. The number of nitrogen functional groups attached to an aromatic ring is 1. The first-order valence-corrected chi connectivity index (χ1v) is 11.2. The van der Waals surface area contributed by atoms with E-state index in [0.29, 0.717) is 12.3 Å². The monoisotopic (exact) mass is 468 g/mol. The number of likely N-dealkylation sites (N-methyl/N-ethyl adjacent to an activating group) is 1. The molecule has 1 aromatic carbocycles. The minimum atomic E-state index is -0.686. The van der Waals surface area contributed by atoms with Crippen molar-refractivity contribution in [3.63, 3.8) is 0 Å². The lowest BCUT2D eigenvalue weighted by atomic mass is 10.1. The number of amides is 1. The Morgan fingerprint density at radius 1 is 1.21 bits per heavy atom. The molecule has 2 aromatic heterocycles. The van der Waals surface area contributed by atoms with Crippen LogP contribution in [0, 0.1) is 19.8 Å². The SMILES string of the molecule is Cc1noc(C)c1CN(C)CC(=O)N(CC(C)C)c1c(N)n(Cc2ccccc2)c(=O)[nH]c1=O. The quantitative estimate of drug-likeness (QED) is 0.490. The number of aromatic amines is 1. The number of hydrogen-bond donors (Lipinski definition) is 2.